The lowest BCUT2D eigenvalue weighted by atomic mass is 10.1. The molecular weight excluding hydrogens is 419 g/mol. The molecule has 1 atom stereocenters. The Kier molecular flexibility index (Phi) is 5.41. The molecule has 0 amide bonds. The van der Waals surface area contributed by atoms with Crippen LogP contribution < -0.4 is 0 Å². The minimum Gasteiger partial charge on any atom is -0.388 e. The second-order valence-corrected chi connectivity index (χ2v) is 6.52. The summed E-state index contributed by atoms with van der Waals surface area (Å²) in [5, 5.41) is 10.4. The molecule has 19 heavy (non-hydrogen) atoms. The lowest BCUT2D eigenvalue weighted by Gasteiger charge is -2.14. The van der Waals surface area contributed by atoms with Crippen LogP contribution in [0.15, 0.2) is 35.1 Å². The summed E-state index contributed by atoms with van der Waals surface area (Å²) < 4.78 is 4.16. The molecule has 1 N–H and O–H groups in total. The smallest absolute Gasteiger partial charge is 0.111 e. The first-order valence-electron chi connectivity index (χ1n) is 6.24. The van der Waals surface area contributed by atoms with E-state index in [0.29, 0.717) is 6.42 Å². The zero-order chi connectivity index (χ0) is 13.8. The van der Waals surface area contributed by atoms with Crippen molar-refractivity contribution in [2.75, 3.05) is 0 Å². The average molecular weight is 435 g/mol. The number of aryl methyl sites for hydroxylation is 1. The fourth-order valence-corrected chi connectivity index (χ4v) is 3.05. The highest BCUT2D eigenvalue weighted by atomic mass is 127. The van der Waals surface area contributed by atoms with Gasteiger partial charge in [0.1, 0.15) is 5.82 Å². The summed E-state index contributed by atoms with van der Waals surface area (Å²) in [7, 11) is 0. The summed E-state index contributed by atoms with van der Waals surface area (Å²) in [6.45, 7) is 3.08. The molecule has 2 aromatic rings. The molecule has 0 fully saturated rings. The number of halogens is 2. The number of imidazole rings is 1. The third-order valence-corrected chi connectivity index (χ3v) is 4.35. The zero-order valence-electron chi connectivity index (χ0n) is 10.7. The van der Waals surface area contributed by atoms with Gasteiger partial charge in [0.15, 0.2) is 0 Å². The van der Waals surface area contributed by atoms with E-state index < -0.39 is 6.10 Å². The van der Waals surface area contributed by atoms with E-state index >= 15 is 0 Å². The molecule has 1 aromatic heterocycles. The molecule has 0 radical (unpaired) electrons. The minimum atomic E-state index is -0.540. The SMILES string of the molecule is CCCn1ccnc1CC(O)c1cc(I)ccc1Br. The molecule has 102 valence electrons. The van der Waals surface area contributed by atoms with Crippen LogP contribution >= 0.6 is 38.5 Å². The van der Waals surface area contributed by atoms with Crippen LogP contribution in [0.4, 0.5) is 0 Å². The predicted octanol–water partition coefficient (Wildman–Crippen LogP) is 3.94. The summed E-state index contributed by atoms with van der Waals surface area (Å²) in [6, 6.07) is 5.99. The number of benzene rings is 1. The number of aliphatic hydroxyl groups is 1. The van der Waals surface area contributed by atoms with Crippen molar-refractivity contribution in [3.63, 3.8) is 0 Å². The number of hydrogen-bond donors (Lipinski definition) is 1. The number of aliphatic hydroxyl groups excluding tert-OH is 1. The Morgan fingerprint density at radius 3 is 3.00 bits per heavy atom. The maximum atomic E-state index is 10.4. The van der Waals surface area contributed by atoms with Crippen molar-refractivity contribution in [2.45, 2.75) is 32.4 Å². The molecule has 3 nitrogen and oxygen atoms in total. The molecule has 0 aliphatic rings. The van der Waals surface area contributed by atoms with Gasteiger partial charge in [-0.1, -0.05) is 22.9 Å². The van der Waals surface area contributed by atoms with E-state index in [-0.39, 0.29) is 0 Å². The van der Waals surface area contributed by atoms with Crippen molar-refractivity contribution in [3.05, 3.63) is 50.0 Å². The fourth-order valence-electron chi connectivity index (χ4n) is 2.03. The van der Waals surface area contributed by atoms with E-state index in [4.69, 9.17) is 0 Å². The second kappa shape index (κ2) is 6.85. The van der Waals surface area contributed by atoms with Crippen LogP contribution in [0.3, 0.4) is 0 Å². The summed E-state index contributed by atoms with van der Waals surface area (Å²) in [5.41, 5.74) is 0.915. The van der Waals surface area contributed by atoms with Gasteiger partial charge >= 0.3 is 0 Å². The highest BCUT2D eigenvalue weighted by Gasteiger charge is 2.15. The highest BCUT2D eigenvalue weighted by Crippen LogP contribution is 2.27. The summed E-state index contributed by atoms with van der Waals surface area (Å²) in [6.07, 6.45) is 4.82. The van der Waals surface area contributed by atoms with Gasteiger partial charge in [-0.2, -0.15) is 0 Å². The number of hydrogen-bond acceptors (Lipinski definition) is 2. The molecular formula is C14H16BrIN2O. The molecule has 0 saturated carbocycles. The molecule has 0 saturated heterocycles. The van der Waals surface area contributed by atoms with Crippen molar-refractivity contribution in [1.29, 1.82) is 0 Å². The van der Waals surface area contributed by atoms with Gasteiger partial charge in [-0.3, -0.25) is 0 Å². The first kappa shape index (κ1) is 15.0. The molecule has 0 aliphatic carbocycles. The molecule has 0 spiro atoms. The van der Waals surface area contributed by atoms with Gasteiger partial charge in [0.2, 0.25) is 0 Å². The molecule has 0 aliphatic heterocycles. The first-order chi connectivity index (χ1) is 9.11. The molecule has 2 rings (SSSR count). The van der Waals surface area contributed by atoms with Gasteiger partial charge in [0.25, 0.3) is 0 Å². The van der Waals surface area contributed by atoms with Gasteiger partial charge < -0.3 is 9.67 Å². The summed E-state index contributed by atoms with van der Waals surface area (Å²) >= 11 is 5.75. The molecule has 5 heteroatoms. The van der Waals surface area contributed by atoms with Crippen LogP contribution in [0.1, 0.15) is 30.8 Å². The standard InChI is InChI=1S/C14H16BrIN2O/c1-2-6-18-7-5-17-14(18)9-13(19)11-8-10(16)3-4-12(11)15/h3-5,7-8,13,19H,2,6,9H2,1H3. The lowest BCUT2D eigenvalue weighted by molar-refractivity contribution is 0.173. The van der Waals surface area contributed by atoms with Crippen LogP contribution in [0.25, 0.3) is 0 Å². The lowest BCUT2D eigenvalue weighted by Crippen LogP contribution is -2.09. The third-order valence-electron chi connectivity index (χ3n) is 2.96. The number of aromatic nitrogens is 2. The quantitative estimate of drug-likeness (QED) is 0.724. The van der Waals surface area contributed by atoms with Crippen LogP contribution in [0.2, 0.25) is 0 Å². The maximum Gasteiger partial charge on any atom is 0.111 e. The van der Waals surface area contributed by atoms with Gasteiger partial charge in [0.05, 0.1) is 6.10 Å². The number of rotatable bonds is 5. The van der Waals surface area contributed by atoms with Crippen LogP contribution in [-0.2, 0) is 13.0 Å². The van der Waals surface area contributed by atoms with Gasteiger partial charge in [-0.05, 0) is 52.8 Å². The van der Waals surface area contributed by atoms with E-state index in [1.54, 1.807) is 6.20 Å². The summed E-state index contributed by atoms with van der Waals surface area (Å²) in [4.78, 5) is 4.34. The van der Waals surface area contributed by atoms with Crippen molar-refractivity contribution in [1.82, 2.24) is 9.55 Å². The van der Waals surface area contributed by atoms with Crippen molar-refractivity contribution in [3.8, 4) is 0 Å². The zero-order valence-corrected chi connectivity index (χ0v) is 14.4. The average Bonchev–Trinajstić information content (AvgIpc) is 2.80. The fraction of sp³-hybridized carbons (Fsp3) is 0.357. The normalized spacial score (nSPS) is 12.6. The second-order valence-electron chi connectivity index (χ2n) is 4.42. The van der Waals surface area contributed by atoms with Gasteiger partial charge in [-0.15, -0.1) is 0 Å². The van der Waals surface area contributed by atoms with Crippen molar-refractivity contribution >= 4 is 38.5 Å². The molecule has 1 heterocycles. The Bertz CT molecular complexity index is 556. The first-order valence-corrected chi connectivity index (χ1v) is 8.12. The van der Waals surface area contributed by atoms with E-state index in [1.165, 1.54) is 0 Å². The van der Waals surface area contributed by atoms with Gasteiger partial charge in [0, 0.05) is 33.4 Å². The minimum absolute atomic E-state index is 0.533. The Labute approximate surface area is 135 Å². The highest BCUT2D eigenvalue weighted by molar-refractivity contribution is 14.1. The van der Waals surface area contributed by atoms with E-state index in [0.717, 1.165) is 32.4 Å². The Hall–Kier alpha value is -0.400. The van der Waals surface area contributed by atoms with Gasteiger partial charge in [-0.25, -0.2) is 4.98 Å². The Morgan fingerprint density at radius 2 is 2.26 bits per heavy atom. The Morgan fingerprint density at radius 1 is 1.47 bits per heavy atom. The topological polar surface area (TPSA) is 38.0 Å². The molecule has 1 unspecified atom stereocenters. The maximum absolute atomic E-state index is 10.4. The molecule has 1 aromatic carbocycles. The molecule has 0 bridgehead atoms. The van der Waals surface area contributed by atoms with Crippen molar-refractivity contribution in [2.24, 2.45) is 0 Å². The monoisotopic (exact) mass is 434 g/mol. The predicted molar refractivity (Wildman–Crippen MR) is 88.0 cm³/mol. The summed E-state index contributed by atoms with van der Waals surface area (Å²) in [5.74, 6) is 0.931. The van der Waals surface area contributed by atoms with E-state index in [9.17, 15) is 5.11 Å². The van der Waals surface area contributed by atoms with Crippen molar-refractivity contribution < 1.29 is 5.11 Å². The van der Waals surface area contributed by atoms with Crippen LogP contribution in [0.5, 0.6) is 0 Å². The van der Waals surface area contributed by atoms with E-state index in [1.807, 2.05) is 24.4 Å². The van der Waals surface area contributed by atoms with Crippen LogP contribution in [-0.4, -0.2) is 14.7 Å². The Balaban J connectivity index is 2.18. The largest absolute Gasteiger partial charge is 0.388 e. The number of nitrogens with zero attached hydrogens (tertiary/aromatic N) is 2. The van der Waals surface area contributed by atoms with Crippen LogP contribution in [0, 0.1) is 3.57 Å². The van der Waals surface area contributed by atoms with E-state index in [2.05, 4.69) is 55.0 Å². The third kappa shape index (κ3) is 3.79.